The van der Waals surface area contributed by atoms with E-state index in [0.717, 1.165) is 17.7 Å². The van der Waals surface area contributed by atoms with Crippen LogP contribution in [0.5, 0.6) is 5.75 Å². The first-order valence-electron chi connectivity index (χ1n) is 13.5. The molecule has 1 fully saturated rings. The molecule has 0 radical (unpaired) electrons. The number of nitrogens with one attached hydrogen (secondary N) is 1. The monoisotopic (exact) mass is 573 g/mol. The van der Waals surface area contributed by atoms with Crippen LogP contribution in [0.1, 0.15) is 74.0 Å². The molecule has 1 aliphatic heterocycles. The molecule has 9 nitrogen and oxygen atoms in total. The van der Waals surface area contributed by atoms with Crippen LogP contribution in [-0.4, -0.2) is 51.5 Å². The lowest BCUT2D eigenvalue weighted by Crippen LogP contribution is -2.36. The Morgan fingerprint density at radius 2 is 1.88 bits per heavy atom. The van der Waals surface area contributed by atoms with Crippen LogP contribution in [0.3, 0.4) is 0 Å². The highest BCUT2D eigenvalue weighted by Gasteiger charge is 2.32. The summed E-state index contributed by atoms with van der Waals surface area (Å²) in [5, 5.41) is 12.9. The van der Waals surface area contributed by atoms with Gasteiger partial charge in [0, 0.05) is 43.6 Å². The third-order valence-electron chi connectivity index (χ3n) is 7.27. The van der Waals surface area contributed by atoms with Gasteiger partial charge in [0.2, 0.25) is 5.91 Å². The van der Waals surface area contributed by atoms with Gasteiger partial charge >= 0.3 is 12.1 Å². The van der Waals surface area contributed by atoms with Crippen molar-refractivity contribution in [2.45, 2.75) is 64.6 Å². The van der Waals surface area contributed by atoms with Crippen molar-refractivity contribution in [3.8, 4) is 5.75 Å². The Bertz CT molecular complexity index is 1440. The van der Waals surface area contributed by atoms with Crippen molar-refractivity contribution in [1.82, 2.24) is 14.9 Å². The van der Waals surface area contributed by atoms with Gasteiger partial charge < -0.3 is 25.8 Å². The number of hydrogen-bond acceptors (Lipinski definition) is 7. The number of carbonyl (C=O) groups excluding carboxylic acids is 1. The van der Waals surface area contributed by atoms with Crippen LogP contribution in [-0.2, 0) is 15.8 Å². The van der Waals surface area contributed by atoms with Gasteiger partial charge in [0.1, 0.15) is 17.4 Å². The van der Waals surface area contributed by atoms with E-state index < -0.39 is 23.8 Å². The van der Waals surface area contributed by atoms with Gasteiger partial charge in [-0.15, -0.1) is 0 Å². The second-order valence-corrected chi connectivity index (χ2v) is 10.4. The maximum Gasteiger partial charge on any atom is 0.416 e. The lowest BCUT2D eigenvalue weighted by molar-refractivity contribution is -0.138. The molecule has 2 heterocycles. The summed E-state index contributed by atoms with van der Waals surface area (Å²) in [5.74, 6) is 0.684. The molecular weight excluding hydrogens is 539 g/mol. The van der Waals surface area contributed by atoms with Crippen LogP contribution in [0, 0.1) is 6.92 Å². The van der Waals surface area contributed by atoms with E-state index >= 15 is 0 Å². The number of aromatic nitrogens is 2. The zero-order valence-electron chi connectivity index (χ0n) is 23.2. The Hall–Kier alpha value is -4.09. The Balaban J connectivity index is 1.71. The van der Waals surface area contributed by atoms with Gasteiger partial charge in [0.15, 0.2) is 0 Å². The number of amides is 1. The van der Waals surface area contributed by atoms with Crippen LogP contribution in [0.4, 0.5) is 24.7 Å². The molecule has 3 aromatic rings. The normalized spacial score (nSPS) is 15.1. The lowest BCUT2D eigenvalue weighted by atomic mass is 9.88. The Kier molecular flexibility index (Phi) is 8.89. The molecule has 1 aromatic heterocycles. The molecule has 41 heavy (non-hydrogen) atoms. The molecule has 12 heteroatoms. The van der Waals surface area contributed by atoms with Gasteiger partial charge in [-0.1, -0.05) is 0 Å². The topological polar surface area (TPSA) is 131 Å². The van der Waals surface area contributed by atoms with Crippen molar-refractivity contribution in [3.05, 3.63) is 52.8 Å². The average Bonchev–Trinajstić information content (AvgIpc) is 2.89. The molecule has 0 aliphatic carbocycles. The number of likely N-dealkylation sites (tertiary alicyclic amines) is 1. The summed E-state index contributed by atoms with van der Waals surface area (Å²) in [4.78, 5) is 33.8. The minimum atomic E-state index is -4.53. The van der Waals surface area contributed by atoms with Crippen molar-refractivity contribution >= 4 is 34.3 Å². The third kappa shape index (κ3) is 7.36. The second-order valence-electron chi connectivity index (χ2n) is 10.4. The Labute approximate surface area is 235 Å². The highest BCUT2D eigenvalue weighted by Crippen LogP contribution is 2.39. The van der Waals surface area contributed by atoms with E-state index in [1.807, 2.05) is 6.07 Å². The number of nitrogens with two attached hydrogens (primary N) is 1. The molecule has 4 N–H and O–H groups in total. The zero-order valence-corrected chi connectivity index (χ0v) is 23.2. The Morgan fingerprint density at radius 3 is 2.51 bits per heavy atom. The van der Waals surface area contributed by atoms with E-state index in [2.05, 4.69) is 15.3 Å². The number of hydrogen-bond donors (Lipinski definition) is 3. The lowest BCUT2D eigenvalue weighted by Gasteiger charge is -2.32. The van der Waals surface area contributed by atoms with Crippen molar-refractivity contribution < 1.29 is 32.6 Å². The molecular formula is C29H34F3N5O4. The van der Waals surface area contributed by atoms with Gasteiger partial charge in [-0.25, -0.2) is 9.97 Å². The number of nitrogens with zero attached hydrogens (tertiary/aromatic N) is 3. The number of carboxylic acid groups (broad SMARTS) is 1. The minimum Gasteiger partial charge on any atom is -0.493 e. The maximum atomic E-state index is 13.4. The predicted molar refractivity (Wildman–Crippen MR) is 149 cm³/mol. The fraction of sp³-hybridized carbons (Fsp3) is 0.448. The van der Waals surface area contributed by atoms with Gasteiger partial charge in [-0.2, -0.15) is 13.2 Å². The van der Waals surface area contributed by atoms with Crippen LogP contribution in [0.25, 0.3) is 10.9 Å². The quantitative estimate of drug-likeness (QED) is 0.220. The van der Waals surface area contributed by atoms with E-state index in [0.29, 0.717) is 66.2 Å². The third-order valence-corrected chi connectivity index (χ3v) is 7.27. The summed E-state index contributed by atoms with van der Waals surface area (Å²) < 4.78 is 46.3. The second kappa shape index (κ2) is 12.2. The minimum absolute atomic E-state index is 0.0103. The number of piperidine rings is 1. The Morgan fingerprint density at radius 1 is 1.17 bits per heavy atom. The highest BCUT2D eigenvalue weighted by molar-refractivity contribution is 5.91. The van der Waals surface area contributed by atoms with Crippen LogP contribution in [0.2, 0.25) is 0 Å². The standard InChI is InChI=1S/C29H34F3N5O4/c1-16(20-11-21(29(30,31)32)13-22(33)12-20)34-28-24-14-23(19-6-8-37(9-7-19)18(3)38)26(41-10-4-5-27(39)40)15-25(24)35-17(2)36-28/h11-16,19H,4-10,33H2,1-3H3,(H,39,40)(H,34,35,36)/t16-/m1/s1. The summed E-state index contributed by atoms with van der Waals surface area (Å²) >= 11 is 0. The number of ether oxygens (including phenoxy) is 1. The number of alkyl halides is 3. The molecule has 1 atom stereocenters. The molecule has 4 rings (SSSR count). The molecule has 1 saturated heterocycles. The fourth-order valence-electron chi connectivity index (χ4n) is 5.13. The number of halogens is 3. The molecule has 0 unspecified atom stereocenters. The number of carbonyl (C=O) groups is 2. The van der Waals surface area contributed by atoms with E-state index in [1.54, 1.807) is 31.7 Å². The van der Waals surface area contributed by atoms with Gasteiger partial charge in [-0.3, -0.25) is 9.59 Å². The average molecular weight is 574 g/mol. The highest BCUT2D eigenvalue weighted by atomic mass is 19.4. The van der Waals surface area contributed by atoms with Crippen molar-refractivity contribution in [1.29, 1.82) is 0 Å². The van der Waals surface area contributed by atoms with E-state index in [9.17, 15) is 22.8 Å². The summed E-state index contributed by atoms with van der Waals surface area (Å²) in [6.07, 6.45) is -2.79. The molecule has 1 amide bonds. The molecule has 0 saturated carbocycles. The predicted octanol–water partition coefficient (Wildman–Crippen LogP) is 5.68. The number of anilines is 2. The number of aryl methyl sites for hydroxylation is 1. The smallest absolute Gasteiger partial charge is 0.416 e. The van der Waals surface area contributed by atoms with Gasteiger partial charge in [0.05, 0.1) is 23.7 Å². The molecule has 220 valence electrons. The number of rotatable bonds is 9. The summed E-state index contributed by atoms with van der Waals surface area (Å²) in [6.45, 7) is 6.40. The number of aliphatic carboxylic acids is 1. The number of nitrogen functional groups attached to an aromatic ring is 1. The fourth-order valence-corrected chi connectivity index (χ4v) is 5.13. The largest absolute Gasteiger partial charge is 0.493 e. The number of fused-ring (bicyclic) bond motifs is 1. The summed E-state index contributed by atoms with van der Waals surface area (Å²) in [7, 11) is 0. The van der Waals surface area contributed by atoms with Crippen LogP contribution in [0.15, 0.2) is 30.3 Å². The summed E-state index contributed by atoms with van der Waals surface area (Å²) in [5.41, 5.74) is 6.80. The summed E-state index contributed by atoms with van der Waals surface area (Å²) in [6, 6.07) is 6.65. The SMILES string of the molecule is CC(=O)N1CCC(c2cc3c(N[C@H](C)c4cc(N)cc(C(F)(F)F)c4)nc(C)nc3cc2OCCCC(=O)O)CC1. The van der Waals surface area contributed by atoms with E-state index in [4.69, 9.17) is 15.6 Å². The maximum absolute atomic E-state index is 13.4. The first-order valence-corrected chi connectivity index (χ1v) is 13.5. The number of benzene rings is 2. The molecule has 2 aromatic carbocycles. The van der Waals surface area contributed by atoms with Crippen molar-refractivity contribution in [2.75, 3.05) is 30.7 Å². The van der Waals surface area contributed by atoms with Crippen LogP contribution < -0.4 is 15.8 Å². The van der Waals surface area contributed by atoms with E-state index in [1.165, 1.54) is 6.07 Å². The van der Waals surface area contributed by atoms with Crippen molar-refractivity contribution in [2.24, 2.45) is 0 Å². The van der Waals surface area contributed by atoms with Gasteiger partial charge in [-0.05, 0) is 74.4 Å². The number of carboxylic acids is 1. The first kappa shape index (κ1) is 29.9. The molecule has 0 spiro atoms. The van der Waals surface area contributed by atoms with Gasteiger partial charge in [0.25, 0.3) is 0 Å². The zero-order chi connectivity index (χ0) is 29.9. The molecule has 0 bridgehead atoms. The molecule has 1 aliphatic rings. The van der Waals surface area contributed by atoms with Crippen LogP contribution >= 0.6 is 0 Å². The first-order chi connectivity index (χ1) is 19.3. The van der Waals surface area contributed by atoms with E-state index in [-0.39, 0.29) is 30.5 Å². The van der Waals surface area contributed by atoms with Crippen molar-refractivity contribution in [3.63, 3.8) is 0 Å².